The van der Waals surface area contributed by atoms with Crippen LogP contribution in [0.25, 0.3) is 0 Å². The predicted octanol–water partition coefficient (Wildman–Crippen LogP) is 1.30. The van der Waals surface area contributed by atoms with Gasteiger partial charge in [0, 0.05) is 17.6 Å². The second kappa shape index (κ2) is 3.37. The maximum absolute atomic E-state index is 8.75. The van der Waals surface area contributed by atoms with E-state index in [0.29, 0.717) is 6.42 Å². The van der Waals surface area contributed by atoms with E-state index < -0.39 is 0 Å². The lowest BCUT2D eigenvalue weighted by Gasteiger charge is -2.38. The first kappa shape index (κ1) is 10.7. The number of rotatable bonds is 4. The van der Waals surface area contributed by atoms with Gasteiger partial charge in [0.2, 0.25) is 0 Å². The van der Waals surface area contributed by atoms with Gasteiger partial charge in [-0.05, 0) is 13.3 Å². The van der Waals surface area contributed by atoms with Gasteiger partial charge in [-0.25, -0.2) is 0 Å². The van der Waals surface area contributed by atoms with Crippen molar-refractivity contribution in [2.24, 2.45) is 11.1 Å². The summed E-state index contributed by atoms with van der Waals surface area (Å²) >= 11 is 0. The van der Waals surface area contributed by atoms with Crippen LogP contribution in [0.15, 0.2) is 12.7 Å². The molecule has 0 radical (unpaired) electrons. The number of nitrogens with two attached hydrogens (primary N) is 1. The van der Waals surface area contributed by atoms with Crippen LogP contribution in [-0.4, -0.2) is 17.3 Å². The highest BCUT2D eigenvalue weighted by Gasteiger charge is 2.34. The summed E-state index contributed by atoms with van der Waals surface area (Å²) in [6.45, 7) is 9.83. The maximum Gasteiger partial charge on any atom is 0.0448 e. The third kappa shape index (κ3) is 2.31. The SMILES string of the molecule is C=CC(C)(C)C(C)(N)CCO. The lowest BCUT2D eigenvalue weighted by molar-refractivity contribution is 0.175. The van der Waals surface area contributed by atoms with E-state index in [1.807, 2.05) is 26.8 Å². The molecule has 2 heteroatoms. The van der Waals surface area contributed by atoms with Crippen molar-refractivity contribution in [3.8, 4) is 0 Å². The van der Waals surface area contributed by atoms with Crippen molar-refractivity contribution in [3.05, 3.63) is 12.7 Å². The van der Waals surface area contributed by atoms with Crippen molar-refractivity contribution >= 4 is 0 Å². The molecule has 66 valence electrons. The summed E-state index contributed by atoms with van der Waals surface area (Å²) in [5.41, 5.74) is 5.48. The highest BCUT2D eigenvalue weighted by Crippen LogP contribution is 2.31. The third-order valence-corrected chi connectivity index (χ3v) is 2.61. The number of aliphatic hydroxyl groups is 1. The lowest BCUT2D eigenvalue weighted by atomic mass is 9.72. The number of hydrogen-bond acceptors (Lipinski definition) is 2. The molecule has 0 aliphatic rings. The molecule has 3 N–H and O–H groups in total. The molecule has 0 fully saturated rings. The van der Waals surface area contributed by atoms with Crippen LogP contribution in [0.3, 0.4) is 0 Å². The van der Waals surface area contributed by atoms with Gasteiger partial charge in [-0.3, -0.25) is 0 Å². The van der Waals surface area contributed by atoms with Crippen molar-refractivity contribution in [2.45, 2.75) is 32.7 Å². The molecule has 0 saturated heterocycles. The molecule has 0 aromatic rings. The second-order valence-corrected chi connectivity index (χ2v) is 3.82. The largest absolute Gasteiger partial charge is 0.396 e. The van der Waals surface area contributed by atoms with Gasteiger partial charge in [0.05, 0.1) is 0 Å². The molecule has 0 spiro atoms. The Hall–Kier alpha value is -0.340. The van der Waals surface area contributed by atoms with Crippen LogP contribution in [0, 0.1) is 5.41 Å². The molecule has 0 amide bonds. The molecule has 2 nitrogen and oxygen atoms in total. The predicted molar refractivity (Wildman–Crippen MR) is 48.3 cm³/mol. The Morgan fingerprint density at radius 3 is 2.18 bits per heavy atom. The summed E-state index contributed by atoms with van der Waals surface area (Å²) in [4.78, 5) is 0. The molecule has 0 aliphatic carbocycles. The zero-order valence-corrected chi connectivity index (χ0v) is 7.72. The molecular weight excluding hydrogens is 138 g/mol. The van der Waals surface area contributed by atoms with E-state index in [1.54, 1.807) is 0 Å². The topological polar surface area (TPSA) is 46.2 Å². The van der Waals surface area contributed by atoms with Crippen molar-refractivity contribution in [1.82, 2.24) is 0 Å². The van der Waals surface area contributed by atoms with Gasteiger partial charge in [-0.2, -0.15) is 0 Å². The van der Waals surface area contributed by atoms with Crippen molar-refractivity contribution < 1.29 is 5.11 Å². The van der Waals surface area contributed by atoms with Gasteiger partial charge in [-0.1, -0.05) is 19.9 Å². The van der Waals surface area contributed by atoms with Crippen molar-refractivity contribution in [1.29, 1.82) is 0 Å². The fourth-order valence-corrected chi connectivity index (χ4v) is 0.788. The summed E-state index contributed by atoms with van der Waals surface area (Å²) in [6, 6.07) is 0. The molecular formula is C9H19NO. The summed E-state index contributed by atoms with van der Waals surface area (Å²) in [5, 5.41) is 8.75. The van der Waals surface area contributed by atoms with Crippen LogP contribution in [0.5, 0.6) is 0 Å². The third-order valence-electron chi connectivity index (χ3n) is 2.61. The standard InChI is InChI=1S/C9H19NO/c1-5-8(2,3)9(4,10)6-7-11/h5,11H,1,6-7,10H2,2-4H3. The minimum absolute atomic E-state index is 0.129. The minimum Gasteiger partial charge on any atom is -0.396 e. The van der Waals surface area contributed by atoms with E-state index in [4.69, 9.17) is 10.8 Å². The van der Waals surface area contributed by atoms with Crippen LogP contribution in [0.2, 0.25) is 0 Å². The molecule has 0 aromatic carbocycles. The highest BCUT2D eigenvalue weighted by atomic mass is 16.3. The Morgan fingerprint density at radius 1 is 1.45 bits per heavy atom. The minimum atomic E-state index is -0.372. The fourth-order valence-electron chi connectivity index (χ4n) is 0.788. The van der Waals surface area contributed by atoms with E-state index in [0.717, 1.165) is 0 Å². The van der Waals surface area contributed by atoms with Gasteiger partial charge in [0.25, 0.3) is 0 Å². The molecule has 1 atom stereocenters. The second-order valence-electron chi connectivity index (χ2n) is 3.82. The molecule has 0 saturated carbocycles. The summed E-state index contributed by atoms with van der Waals surface area (Å²) in [6.07, 6.45) is 2.44. The average Bonchev–Trinajstić information content (AvgIpc) is 1.87. The molecule has 11 heavy (non-hydrogen) atoms. The van der Waals surface area contributed by atoms with E-state index >= 15 is 0 Å². The zero-order valence-electron chi connectivity index (χ0n) is 7.72. The van der Waals surface area contributed by atoms with Crippen LogP contribution in [0.1, 0.15) is 27.2 Å². The first-order valence-corrected chi connectivity index (χ1v) is 3.91. The fraction of sp³-hybridized carbons (Fsp3) is 0.778. The van der Waals surface area contributed by atoms with Gasteiger partial charge >= 0.3 is 0 Å². The Labute approximate surface area is 69.1 Å². The lowest BCUT2D eigenvalue weighted by Crippen LogP contribution is -2.49. The van der Waals surface area contributed by atoms with E-state index in [1.165, 1.54) is 0 Å². The summed E-state index contributed by atoms with van der Waals surface area (Å²) in [5.74, 6) is 0. The molecule has 0 aromatic heterocycles. The molecule has 0 rings (SSSR count). The molecule has 0 bridgehead atoms. The van der Waals surface area contributed by atoms with Crippen LogP contribution >= 0.6 is 0 Å². The highest BCUT2D eigenvalue weighted by molar-refractivity contribution is 5.03. The Bertz CT molecular complexity index is 138. The van der Waals surface area contributed by atoms with Crippen LogP contribution in [0.4, 0.5) is 0 Å². The monoisotopic (exact) mass is 157 g/mol. The first-order valence-electron chi connectivity index (χ1n) is 3.91. The normalized spacial score (nSPS) is 17.5. The summed E-state index contributed by atoms with van der Waals surface area (Å²) < 4.78 is 0. The van der Waals surface area contributed by atoms with Crippen LogP contribution in [-0.2, 0) is 0 Å². The zero-order chi connectivity index (χ0) is 9.12. The maximum atomic E-state index is 8.75. The average molecular weight is 157 g/mol. The van der Waals surface area contributed by atoms with Crippen molar-refractivity contribution in [3.63, 3.8) is 0 Å². The quantitative estimate of drug-likeness (QED) is 0.604. The van der Waals surface area contributed by atoms with Gasteiger partial charge in [-0.15, -0.1) is 6.58 Å². The Kier molecular flexibility index (Phi) is 3.27. The van der Waals surface area contributed by atoms with E-state index in [2.05, 4.69) is 6.58 Å². The van der Waals surface area contributed by atoms with Gasteiger partial charge in [0.15, 0.2) is 0 Å². The van der Waals surface area contributed by atoms with E-state index in [-0.39, 0.29) is 17.6 Å². The molecule has 0 heterocycles. The van der Waals surface area contributed by atoms with Gasteiger partial charge in [0.1, 0.15) is 0 Å². The van der Waals surface area contributed by atoms with Gasteiger partial charge < -0.3 is 10.8 Å². The number of hydrogen-bond donors (Lipinski definition) is 2. The van der Waals surface area contributed by atoms with Crippen molar-refractivity contribution in [2.75, 3.05) is 6.61 Å². The Balaban J connectivity index is 4.38. The number of aliphatic hydroxyl groups excluding tert-OH is 1. The molecule has 1 unspecified atom stereocenters. The summed E-state index contributed by atoms with van der Waals surface area (Å²) in [7, 11) is 0. The van der Waals surface area contributed by atoms with Crippen LogP contribution < -0.4 is 5.73 Å². The van der Waals surface area contributed by atoms with E-state index in [9.17, 15) is 0 Å². The Morgan fingerprint density at radius 2 is 1.91 bits per heavy atom. The molecule has 0 aliphatic heterocycles. The first-order chi connectivity index (χ1) is 4.87. The smallest absolute Gasteiger partial charge is 0.0448 e.